The van der Waals surface area contributed by atoms with Gasteiger partial charge in [0.25, 0.3) is 0 Å². The van der Waals surface area contributed by atoms with Crippen LogP contribution in [0.5, 0.6) is 5.75 Å². The largest absolute Gasteiger partial charge is 0.507 e. The van der Waals surface area contributed by atoms with Crippen LogP contribution in [0.15, 0.2) is 54.9 Å². The number of aromatic nitrogens is 1. The van der Waals surface area contributed by atoms with Gasteiger partial charge in [0, 0.05) is 29.9 Å². The lowest BCUT2D eigenvalue weighted by Gasteiger charge is -2.24. The van der Waals surface area contributed by atoms with Crippen LogP contribution in [0.4, 0.5) is 0 Å². The number of hydrogen-bond donors (Lipinski definition) is 3. The van der Waals surface area contributed by atoms with Crippen LogP contribution < -0.4 is 5.32 Å². The quantitative estimate of drug-likeness (QED) is 0.521. The highest BCUT2D eigenvalue weighted by Crippen LogP contribution is 2.38. The minimum atomic E-state index is -0.413. The summed E-state index contributed by atoms with van der Waals surface area (Å²) >= 11 is 0. The average molecular weight is 380 g/mol. The molecule has 3 aromatic rings. The minimum Gasteiger partial charge on any atom is -0.507 e. The Hall–Kier alpha value is -2.96. The van der Waals surface area contributed by atoms with Crippen molar-refractivity contribution in [1.82, 2.24) is 10.3 Å². The summed E-state index contributed by atoms with van der Waals surface area (Å²) in [6.07, 6.45) is 3.39. The number of carbonyl (C=O) groups excluding carboxylic acids is 1. The molecule has 0 aliphatic rings. The third-order valence-electron chi connectivity index (χ3n) is 4.58. The number of hydrogen-bond acceptors (Lipinski definition) is 6. The van der Waals surface area contributed by atoms with Crippen molar-refractivity contribution in [1.29, 1.82) is 0 Å². The Morgan fingerprint density at radius 1 is 1.21 bits per heavy atom. The molecule has 0 bridgehead atoms. The monoisotopic (exact) mass is 380 g/mol. The van der Waals surface area contributed by atoms with E-state index in [1.165, 1.54) is 0 Å². The topological polar surface area (TPSA) is 91.7 Å². The zero-order valence-electron chi connectivity index (χ0n) is 15.8. The van der Waals surface area contributed by atoms with Crippen molar-refractivity contribution < 1.29 is 19.7 Å². The van der Waals surface area contributed by atoms with Crippen molar-refractivity contribution in [3.05, 3.63) is 71.5 Å². The van der Waals surface area contributed by atoms with Gasteiger partial charge in [0.15, 0.2) is 0 Å². The maximum atomic E-state index is 12.2. The number of nitrogens with zero attached hydrogens (tertiary/aromatic N) is 1. The number of benzene rings is 2. The van der Waals surface area contributed by atoms with E-state index in [1.807, 2.05) is 42.5 Å². The van der Waals surface area contributed by atoms with Gasteiger partial charge >= 0.3 is 5.97 Å². The second kappa shape index (κ2) is 9.30. The summed E-state index contributed by atoms with van der Waals surface area (Å²) in [6, 6.07) is 12.7. The van der Waals surface area contributed by atoms with Gasteiger partial charge < -0.3 is 20.3 Å². The first-order valence-electron chi connectivity index (χ1n) is 9.29. The summed E-state index contributed by atoms with van der Waals surface area (Å²) in [5.74, 6) is -0.237. The number of carbonyl (C=O) groups is 1. The van der Waals surface area contributed by atoms with Crippen molar-refractivity contribution >= 4 is 16.7 Å². The maximum absolute atomic E-state index is 12.2. The van der Waals surface area contributed by atoms with Gasteiger partial charge in [-0.3, -0.25) is 9.78 Å². The van der Waals surface area contributed by atoms with E-state index in [-0.39, 0.29) is 24.7 Å². The molecule has 146 valence electrons. The molecule has 2 aromatic carbocycles. The van der Waals surface area contributed by atoms with Crippen LogP contribution in [0.2, 0.25) is 0 Å². The van der Waals surface area contributed by atoms with Crippen LogP contribution in [-0.4, -0.2) is 40.9 Å². The zero-order chi connectivity index (χ0) is 19.9. The highest BCUT2D eigenvalue weighted by molar-refractivity contribution is 5.91. The molecule has 0 fully saturated rings. The van der Waals surface area contributed by atoms with Gasteiger partial charge in [-0.15, -0.1) is 0 Å². The number of aromatic hydroxyl groups is 1. The van der Waals surface area contributed by atoms with E-state index in [9.17, 15) is 15.0 Å². The first kappa shape index (κ1) is 19.8. The first-order valence-corrected chi connectivity index (χ1v) is 9.29. The molecule has 3 rings (SSSR count). The fraction of sp³-hybridized carbons (Fsp3) is 0.273. The highest BCUT2D eigenvalue weighted by Gasteiger charge is 2.24. The molecule has 1 heterocycles. The first-order chi connectivity index (χ1) is 13.7. The van der Waals surface area contributed by atoms with E-state index in [1.54, 1.807) is 19.3 Å². The smallest absolute Gasteiger partial charge is 0.310 e. The second-order valence-electron chi connectivity index (χ2n) is 6.39. The lowest BCUT2D eigenvalue weighted by molar-refractivity contribution is -0.142. The van der Waals surface area contributed by atoms with E-state index >= 15 is 0 Å². The summed E-state index contributed by atoms with van der Waals surface area (Å²) in [4.78, 5) is 16.3. The number of rotatable bonds is 8. The van der Waals surface area contributed by atoms with E-state index in [2.05, 4.69) is 10.3 Å². The lowest BCUT2D eigenvalue weighted by Crippen LogP contribution is -2.27. The maximum Gasteiger partial charge on any atom is 0.310 e. The fourth-order valence-corrected chi connectivity index (χ4v) is 3.39. The third-order valence-corrected chi connectivity index (χ3v) is 4.58. The molecular weight excluding hydrogens is 356 g/mol. The molecule has 0 spiro atoms. The summed E-state index contributed by atoms with van der Waals surface area (Å²) in [5, 5.41) is 25.3. The molecule has 0 amide bonds. The van der Waals surface area contributed by atoms with Crippen LogP contribution in [0.1, 0.15) is 29.7 Å². The van der Waals surface area contributed by atoms with Crippen molar-refractivity contribution in [3.8, 4) is 5.75 Å². The summed E-state index contributed by atoms with van der Waals surface area (Å²) in [5.41, 5.74) is 2.16. The van der Waals surface area contributed by atoms with Gasteiger partial charge in [0.1, 0.15) is 5.75 Å². The van der Waals surface area contributed by atoms with E-state index in [4.69, 9.17) is 4.74 Å². The Bertz CT molecular complexity index is 944. The molecule has 1 aromatic heterocycles. The molecule has 28 heavy (non-hydrogen) atoms. The van der Waals surface area contributed by atoms with Crippen LogP contribution in [0.25, 0.3) is 10.8 Å². The molecule has 6 heteroatoms. The van der Waals surface area contributed by atoms with Crippen LogP contribution in [0, 0.1) is 0 Å². The normalized spacial score (nSPS) is 12.1. The molecule has 0 saturated heterocycles. The molecule has 0 saturated carbocycles. The Morgan fingerprint density at radius 2 is 1.96 bits per heavy atom. The Kier molecular flexibility index (Phi) is 6.57. The Balaban J connectivity index is 2.19. The molecule has 3 N–H and O–H groups in total. The Morgan fingerprint density at radius 3 is 2.68 bits per heavy atom. The van der Waals surface area contributed by atoms with Gasteiger partial charge in [0.05, 0.1) is 25.7 Å². The molecule has 0 aliphatic heterocycles. The number of nitrogens with one attached hydrogen (secondary N) is 1. The van der Waals surface area contributed by atoms with E-state index in [0.29, 0.717) is 29.7 Å². The number of esters is 1. The van der Waals surface area contributed by atoms with Crippen LogP contribution in [-0.2, 0) is 16.0 Å². The van der Waals surface area contributed by atoms with Crippen molar-refractivity contribution in [2.75, 3.05) is 19.8 Å². The number of phenolic OH excluding ortho intramolecular Hbond substituents is 1. The Labute approximate surface area is 163 Å². The number of aliphatic hydroxyl groups is 1. The van der Waals surface area contributed by atoms with E-state index < -0.39 is 6.04 Å². The van der Waals surface area contributed by atoms with Crippen molar-refractivity contribution in [2.24, 2.45) is 0 Å². The summed E-state index contributed by atoms with van der Waals surface area (Å²) in [7, 11) is 0. The predicted molar refractivity (Wildman–Crippen MR) is 107 cm³/mol. The average Bonchev–Trinajstić information content (AvgIpc) is 2.71. The SMILES string of the molecule is CCOC(=O)Cc1cc2ccccc2c(O)c1C(NCCO)c1ccncc1. The molecule has 6 nitrogen and oxygen atoms in total. The minimum absolute atomic E-state index is 0.0456. The van der Waals surface area contributed by atoms with Gasteiger partial charge in [0.2, 0.25) is 0 Å². The highest BCUT2D eigenvalue weighted by atomic mass is 16.5. The van der Waals surface area contributed by atoms with Gasteiger partial charge in [-0.05, 0) is 41.6 Å². The second-order valence-corrected chi connectivity index (χ2v) is 6.39. The predicted octanol–water partition coefficient (Wildman–Crippen LogP) is 2.72. The summed E-state index contributed by atoms with van der Waals surface area (Å²) < 4.78 is 5.13. The third kappa shape index (κ3) is 4.30. The number of aliphatic hydroxyl groups excluding tert-OH is 1. The summed E-state index contributed by atoms with van der Waals surface area (Å²) in [6.45, 7) is 2.34. The standard InChI is InChI=1S/C22H24N2O4/c1-2-28-19(26)14-17-13-16-5-3-4-6-18(16)22(27)20(17)21(24-11-12-25)15-7-9-23-10-8-15/h3-10,13,21,24-25,27H,2,11-12,14H2,1H3. The molecule has 0 aliphatic carbocycles. The molecule has 1 atom stereocenters. The fourth-order valence-electron chi connectivity index (χ4n) is 3.39. The van der Waals surface area contributed by atoms with Gasteiger partial charge in [-0.2, -0.15) is 0 Å². The van der Waals surface area contributed by atoms with Crippen molar-refractivity contribution in [2.45, 2.75) is 19.4 Å². The number of fused-ring (bicyclic) bond motifs is 1. The van der Waals surface area contributed by atoms with Crippen molar-refractivity contribution in [3.63, 3.8) is 0 Å². The zero-order valence-corrected chi connectivity index (χ0v) is 15.8. The molecular formula is C22H24N2O4. The van der Waals surface area contributed by atoms with Gasteiger partial charge in [-0.1, -0.05) is 24.3 Å². The molecule has 0 radical (unpaired) electrons. The number of ether oxygens (including phenoxy) is 1. The molecule has 1 unspecified atom stereocenters. The van der Waals surface area contributed by atoms with Gasteiger partial charge in [-0.25, -0.2) is 0 Å². The lowest BCUT2D eigenvalue weighted by atomic mass is 9.89. The number of phenols is 1. The number of pyridine rings is 1. The van der Waals surface area contributed by atoms with Crippen LogP contribution >= 0.6 is 0 Å². The van der Waals surface area contributed by atoms with Crippen LogP contribution in [0.3, 0.4) is 0 Å². The van der Waals surface area contributed by atoms with E-state index in [0.717, 1.165) is 10.9 Å².